The number of nitro groups is 1. The number of alkyl halides is 2. The van der Waals surface area contributed by atoms with Crippen LogP contribution in [0.5, 0.6) is 0 Å². The van der Waals surface area contributed by atoms with Crippen molar-refractivity contribution in [3.05, 3.63) is 34.1 Å². The summed E-state index contributed by atoms with van der Waals surface area (Å²) in [4.78, 5) is 21.6. The summed E-state index contributed by atoms with van der Waals surface area (Å²) in [6, 6.07) is 2.85. The van der Waals surface area contributed by atoms with Crippen molar-refractivity contribution >= 4 is 17.3 Å². The monoisotopic (exact) mass is 302 g/mol. The Morgan fingerprint density at radius 1 is 1.33 bits per heavy atom. The van der Waals surface area contributed by atoms with Gasteiger partial charge < -0.3 is 5.32 Å². The van der Waals surface area contributed by atoms with Crippen LogP contribution in [-0.4, -0.2) is 16.8 Å². The zero-order valence-corrected chi connectivity index (χ0v) is 10.9. The number of hydrogen-bond donors (Lipinski definition) is 1. The Kier molecular flexibility index (Phi) is 4.15. The van der Waals surface area contributed by atoms with Gasteiger partial charge in [-0.05, 0) is 18.9 Å². The minimum absolute atomic E-state index is 0.0352. The van der Waals surface area contributed by atoms with Crippen molar-refractivity contribution in [3.8, 4) is 0 Å². The van der Waals surface area contributed by atoms with Crippen LogP contribution in [0.3, 0.4) is 0 Å². The van der Waals surface area contributed by atoms with Crippen molar-refractivity contribution < 1.29 is 22.9 Å². The van der Waals surface area contributed by atoms with Crippen molar-refractivity contribution in [1.29, 1.82) is 0 Å². The second kappa shape index (κ2) is 5.71. The van der Waals surface area contributed by atoms with Gasteiger partial charge in [0.2, 0.25) is 11.8 Å². The average Bonchev–Trinajstić information content (AvgIpc) is 2.40. The molecule has 0 aromatic heterocycles. The van der Waals surface area contributed by atoms with Gasteiger partial charge in [-0.1, -0.05) is 0 Å². The fourth-order valence-corrected chi connectivity index (χ4v) is 2.26. The first kappa shape index (κ1) is 15.3. The quantitative estimate of drug-likeness (QED) is 0.686. The number of nitro benzene ring substituents is 1. The molecule has 0 unspecified atom stereocenters. The summed E-state index contributed by atoms with van der Waals surface area (Å²) in [5.74, 6) is -4.81. The third-order valence-corrected chi connectivity index (χ3v) is 3.51. The molecule has 0 spiro atoms. The van der Waals surface area contributed by atoms with Crippen LogP contribution in [0.2, 0.25) is 0 Å². The molecule has 0 heterocycles. The first-order valence-corrected chi connectivity index (χ1v) is 6.41. The van der Waals surface area contributed by atoms with E-state index in [9.17, 15) is 28.1 Å². The van der Waals surface area contributed by atoms with E-state index in [2.05, 4.69) is 5.32 Å². The summed E-state index contributed by atoms with van der Waals surface area (Å²) in [6.07, 6.45) is -0.664. The van der Waals surface area contributed by atoms with E-state index in [1.54, 1.807) is 0 Å². The Morgan fingerprint density at radius 3 is 2.48 bits per heavy atom. The number of carbonyl (C=O) groups excluding carboxylic acids is 1. The van der Waals surface area contributed by atoms with Gasteiger partial charge in [0.1, 0.15) is 0 Å². The van der Waals surface area contributed by atoms with E-state index in [0.29, 0.717) is 6.07 Å². The van der Waals surface area contributed by atoms with Gasteiger partial charge in [0.25, 0.3) is 5.69 Å². The van der Waals surface area contributed by atoms with Crippen LogP contribution in [0.4, 0.5) is 24.5 Å². The molecule has 0 radical (unpaired) electrons. The third-order valence-electron chi connectivity index (χ3n) is 3.51. The Bertz CT molecular complexity index is 568. The number of nitrogens with zero attached hydrogens (tertiary/aromatic N) is 1. The molecule has 1 fully saturated rings. The van der Waals surface area contributed by atoms with E-state index < -0.39 is 34.2 Å². The Hall–Kier alpha value is -2.12. The highest BCUT2D eigenvalue weighted by Gasteiger charge is 2.37. The van der Waals surface area contributed by atoms with Gasteiger partial charge >= 0.3 is 0 Å². The van der Waals surface area contributed by atoms with Crippen LogP contribution < -0.4 is 5.32 Å². The molecule has 2 rings (SSSR count). The predicted octanol–water partition coefficient (Wildman–Crippen LogP) is 3.50. The molecule has 21 heavy (non-hydrogen) atoms. The zero-order valence-electron chi connectivity index (χ0n) is 10.9. The molecule has 1 N–H and O–H groups in total. The Labute approximate surface area is 118 Å². The van der Waals surface area contributed by atoms with E-state index in [-0.39, 0.29) is 31.4 Å². The van der Waals surface area contributed by atoms with Crippen LogP contribution in [0.25, 0.3) is 0 Å². The van der Waals surface area contributed by atoms with Crippen molar-refractivity contribution in [2.24, 2.45) is 5.92 Å². The molecule has 1 aliphatic carbocycles. The number of rotatable bonds is 3. The maximum absolute atomic E-state index is 13.6. The highest BCUT2D eigenvalue weighted by atomic mass is 19.3. The highest BCUT2D eigenvalue weighted by Crippen LogP contribution is 2.36. The van der Waals surface area contributed by atoms with Crippen LogP contribution in [0.15, 0.2) is 18.2 Å². The summed E-state index contributed by atoms with van der Waals surface area (Å²) in [6.45, 7) is 0. The topological polar surface area (TPSA) is 72.2 Å². The number of nitrogens with one attached hydrogen (secondary N) is 1. The fraction of sp³-hybridized carbons (Fsp3) is 0.462. The van der Waals surface area contributed by atoms with E-state index in [0.717, 1.165) is 12.1 Å². The predicted molar refractivity (Wildman–Crippen MR) is 68.6 cm³/mol. The second-order valence-corrected chi connectivity index (χ2v) is 5.04. The van der Waals surface area contributed by atoms with Gasteiger partial charge in [-0.3, -0.25) is 14.9 Å². The van der Waals surface area contributed by atoms with E-state index >= 15 is 0 Å². The summed E-state index contributed by atoms with van der Waals surface area (Å²) in [7, 11) is 0. The molecule has 0 atom stereocenters. The summed E-state index contributed by atoms with van der Waals surface area (Å²) in [5.41, 5.74) is -0.620. The summed E-state index contributed by atoms with van der Waals surface area (Å²) < 4.78 is 39.6. The molecule has 8 heteroatoms. The SMILES string of the molecule is O=C(Nc1ccc([N+](=O)[O-])cc1F)C1CCC(F)(F)CC1. The molecule has 1 amide bonds. The van der Waals surface area contributed by atoms with Gasteiger partial charge in [0.15, 0.2) is 5.82 Å². The van der Waals surface area contributed by atoms with E-state index in [1.807, 2.05) is 0 Å². The van der Waals surface area contributed by atoms with Gasteiger partial charge in [-0.2, -0.15) is 0 Å². The molecular weight excluding hydrogens is 289 g/mol. The van der Waals surface area contributed by atoms with E-state index in [1.165, 1.54) is 0 Å². The minimum Gasteiger partial charge on any atom is -0.323 e. The van der Waals surface area contributed by atoms with Crippen molar-refractivity contribution in [3.63, 3.8) is 0 Å². The van der Waals surface area contributed by atoms with Crippen molar-refractivity contribution in [2.75, 3.05) is 5.32 Å². The molecule has 1 aromatic rings. The summed E-state index contributed by atoms with van der Waals surface area (Å²) in [5, 5.41) is 12.8. The van der Waals surface area contributed by atoms with Crippen molar-refractivity contribution in [2.45, 2.75) is 31.6 Å². The van der Waals surface area contributed by atoms with Crippen LogP contribution in [-0.2, 0) is 4.79 Å². The molecule has 1 aromatic carbocycles. The Balaban J connectivity index is 2.02. The molecule has 0 aliphatic heterocycles. The lowest BCUT2D eigenvalue weighted by Crippen LogP contribution is -2.32. The number of anilines is 1. The maximum atomic E-state index is 13.6. The molecule has 0 saturated heterocycles. The third kappa shape index (κ3) is 3.71. The first-order chi connectivity index (χ1) is 9.78. The van der Waals surface area contributed by atoms with Gasteiger partial charge in [0, 0.05) is 24.8 Å². The molecule has 114 valence electrons. The van der Waals surface area contributed by atoms with E-state index in [4.69, 9.17) is 0 Å². The summed E-state index contributed by atoms with van der Waals surface area (Å²) >= 11 is 0. The maximum Gasteiger partial charge on any atom is 0.272 e. The molecular formula is C13H13F3N2O3. The fourth-order valence-electron chi connectivity index (χ4n) is 2.26. The number of non-ortho nitro benzene ring substituents is 1. The molecule has 5 nitrogen and oxygen atoms in total. The number of benzene rings is 1. The number of halogens is 3. The minimum atomic E-state index is -2.74. The van der Waals surface area contributed by atoms with Crippen LogP contribution >= 0.6 is 0 Å². The van der Waals surface area contributed by atoms with Crippen LogP contribution in [0.1, 0.15) is 25.7 Å². The average molecular weight is 302 g/mol. The molecule has 0 bridgehead atoms. The zero-order chi connectivity index (χ0) is 15.6. The van der Waals surface area contributed by atoms with Crippen LogP contribution in [0, 0.1) is 21.8 Å². The lowest BCUT2D eigenvalue weighted by atomic mass is 9.86. The largest absolute Gasteiger partial charge is 0.323 e. The lowest BCUT2D eigenvalue weighted by Gasteiger charge is -2.27. The first-order valence-electron chi connectivity index (χ1n) is 6.41. The van der Waals surface area contributed by atoms with Crippen molar-refractivity contribution in [1.82, 2.24) is 0 Å². The smallest absolute Gasteiger partial charge is 0.272 e. The molecule has 1 saturated carbocycles. The normalized spacial score (nSPS) is 18.2. The highest BCUT2D eigenvalue weighted by molar-refractivity contribution is 5.92. The van der Waals surface area contributed by atoms with Gasteiger partial charge in [0.05, 0.1) is 16.7 Å². The number of amides is 1. The Morgan fingerprint density at radius 2 is 1.95 bits per heavy atom. The van der Waals surface area contributed by atoms with Gasteiger partial charge in [-0.25, -0.2) is 13.2 Å². The lowest BCUT2D eigenvalue weighted by molar-refractivity contribution is -0.385. The molecule has 1 aliphatic rings. The van der Waals surface area contributed by atoms with Gasteiger partial charge in [-0.15, -0.1) is 0 Å². The second-order valence-electron chi connectivity index (χ2n) is 5.04. The number of hydrogen-bond acceptors (Lipinski definition) is 3. The standard InChI is InChI=1S/C13H13F3N2O3/c14-10-7-9(18(20)21)1-2-11(10)17-12(19)8-3-5-13(15,16)6-4-8/h1-2,7-8H,3-6H2,(H,17,19). The number of carbonyl (C=O) groups is 1.